The smallest absolute Gasteiger partial charge is 0.410 e. The van der Waals surface area contributed by atoms with Crippen molar-refractivity contribution in [1.82, 2.24) is 14.9 Å². The fourth-order valence-electron chi connectivity index (χ4n) is 5.12. The summed E-state index contributed by atoms with van der Waals surface area (Å²) in [7, 11) is 2.91. The highest BCUT2D eigenvalue weighted by molar-refractivity contribution is 5.68. The van der Waals surface area contributed by atoms with Crippen LogP contribution in [0.2, 0.25) is 0 Å². The highest BCUT2D eigenvalue weighted by Gasteiger charge is 2.27. The number of hydrogen-bond donors (Lipinski definition) is 1. The van der Waals surface area contributed by atoms with Gasteiger partial charge in [-0.15, -0.1) is 0 Å². The third kappa shape index (κ3) is 9.34. The molecule has 46 heavy (non-hydrogen) atoms. The van der Waals surface area contributed by atoms with Gasteiger partial charge in [0, 0.05) is 24.8 Å². The van der Waals surface area contributed by atoms with E-state index in [9.17, 15) is 13.6 Å². The van der Waals surface area contributed by atoms with Gasteiger partial charge in [-0.2, -0.15) is 0 Å². The Balaban J connectivity index is 1.27. The molecule has 1 aliphatic heterocycles. The van der Waals surface area contributed by atoms with Crippen molar-refractivity contribution < 1.29 is 37.3 Å². The Morgan fingerprint density at radius 2 is 1.67 bits per heavy atom. The molecule has 1 aromatic heterocycles. The van der Waals surface area contributed by atoms with Crippen molar-refractivity contribution in [2.24, 2.45) is 5.92 Å². The summed E-state index contributed by atoms with van der Waals surface area (Å²) >= 11 is 0. The third-order valence-corrected chi connectivity index (χ3v) is 7.55. The van der Waals surface area contributed by atoms with E-state index in [1.54, 1.807) is 18.1 Å². The predicted molar refractivity (Wildman–Crippen MR) is 170 cm³/mol. The molecule has 4 rings (SSSR count). The number of carbonyl (C=O) groups excluding carboxylic acids is 1. The van der Waals surface area contributed by atoms with Crippen molar-refractivity contribution in [2.75, 3.05) is 39.2 Å². The van der Waals surface area contributed by atoms with Crippen LogP contribution in [0, 0.1) is 17.6 Å². The number of halogens is 2. The lowest BCUT2D eigenvalue weighted by Gasteiger charge is -2.33. The maximum atomic E-state index is 14.9. The molecule has 10 nitrogen and oxygen atoms in total. The molecular weight excluding hydrogens is 598 g/mol. The van der Waals surface area contributed by atoms with E-state index < -0.39 is 17.2 Å². The van der Waals surface area contributed by atoms with Gasteiger partial charge < -0.3 is 33.9 Å². The molecule has 0 radical (unpaired) electrons. The van der Waals surface area contributed by atoms with Crippen LogP contribution in [-0.4, -0.2) is 60.5 Å². The Labute approximate surface area is 269 Å². The number of methoxy groups -OCH3 is 2. The third-order valence-electron chi connectivity index (χ3n) is 7.55. The SMILES string of the molecule is CCCc1cc(OC)c(F)c(COc2cnc(Nc3ccc(OCCC4CCN(C(=O)OC(C)(C)C)CC4)c(OC)c3)nc2)c1F. The van der Waals surface area contributed by atoms with Crippen molar-refractivity contribution >= 4 is 17.7 Å². The number of ether oxygens (including phenoxy) is 5. The second-order valence-electron chi connectivity index (χ2n) is 12.2. The molecule has 0 bridgehead atoms. The number of benzene rings is 2. The lowest BCUT2D eigenvalue weighted by atomic mass is 9.94. The van der Waals surface area contributed by atoms with Gasteiger partial charge in [0.25, 0.3) is 0 Å². The minimum Gasteiger partial charge on any atom is -0.494 e. The molecule has 2 heterocycles. The number of nitrogens with zero attached hydrogens (tertiary/aromatic N) is 3. The topological polar surface area (TPSA) is 104 Å². The second-order valence-corrected chi connectivity index (χ2v) is 12.2. The van der Waals surface area contributed by atoms with E-state index in [1.165, 1.54) is 25.6 Å². The predicted octanol–water partition coefficient (Wildman–Crippen LogP) is 7.46. The van der Waals surface area contributed by atoms with Gasteiger partial charge in [-0.25, -0.2) is 23.5 Å². The van der Waals surface area contributed by atoms with Crippen molar-refractivity contribution in [3.05, 3.63) is 59.4 Å². The van der Waals surface area contributed by atoms with Crippen LogP contribution in [-0.2, 0) is 17.8 Å². The Morgan fingerprint density at radius 3 is 2.30 bits per heavy atom. The van der Waals surface area contributed by atoms with E-state index in [0.717, 1.165) is 19.3 Å². The van der Waals surface area contributed by atoms with E-state index >= 15 is 0 Å². The largest absolute Gasteiger partial charge is 0.494 e. The summed E-state index contributed by atoms with van der Waals surface area (Å²) in [5.41, 5.74) is 0.347. The number of anilines is 2. The summed E-state index contributed by atoms with van der Waals surface area (Å²) in [6, 6.07) is 6.81. The van der Waals surface area contributed by atoms with Crippen molar-refractivity contribution in [2.45, 2.75) is 72.0 Å². The number of nitrogens with one attached hydrogen (secondary N) is 1. The van der Waals surface area contributed by atoms with Gasteiger partial charge in [-0.05, 0) is 76.1 Å². The second kappa shape index (κ2) is 15.8. The van der Waals surface area contributed by atoms with Crippen LogP contribution in [0.3, 0.4) is 0 Å². The first-order valence-electron chi connectivity index (χ1n) is 15.6. The van der Waals surface area contributed by atoms with Crippen LogP contribution in [0.4, 0.5) is 25.2 Å². The van der Waals surface area contributed by atoms with Gasteiger partial charge in [-0.3, -0.25) is 0 Å². The van der Waals surface area contributed by atoms with Gasteiger partial charge >= 0.3 is 6.09 Å². The lowest BCUT2D eigenvalue weighted by molar-refractivity contribution is 0.0177. The van der Waals surface area contributed by atoms with E-state index in [0.29, 0.717) is 67.2 Å². The normalized spacial score (nSPS) is 13.7. The number of aromatic nitrogens is 2. The molecule has 1 fully saturated rings. The molecule has 0 saturated carbocycles. The highest BCUT2D eigenvalue weighted by atomic mass is 19.1. The fraction of sp³-hybridized carbons (Fsp3) is 0.500. The van der Waals surface area contributed by atoms with Gasteiger partial charge in [-0.1, -0.05) is 13.3 Å². The van der Waals surface area contributed by atoms with Gasteiger partial charge in [0.1, 0.15) is 18.0 Å². The van der Waals surface area contributed by atoms with E-state index in [-0.39, 0.29) is 29.8 Å². The summed E-state index contributed by atoms with van der Waals surface area (Å²) in [6.07, 6.45) is 6.42. The first-order chi connectivity index (χ1) is 22.0. The molecule has 2 aromatic carbocycles. The van der Waals surface area contributed by atoms with E-state index in [2.05, 4.69) is 15.3 Å². The molecule has 0 atom stereocenters. The van der Waals surface area contributed by atoms with Crippen molar-refractivity contribution in [3.63, 3.8) is 0 Å². The number of carbonyl (C=O) groups is 1. The molecule has 0 spiro atoms. The summed E-state index contributed by atoms with van der Waals surface area (Å²) in [6.45, 7) is 9.07. The quantitative estimate of drug-likeness (QED) is 0.203. The first-order valence-corrected chi connectivity index (χ1v) is 15.6. The summed E-state index contributed by atoms with van der Waals surface area (Å²) in [4.78, 5) is 22.6. The minimum absolute atomic E-state index is 0.0245. The number of hydrogen-bond acceptors (Lipinski definition) is 9. The zero-order valence-electron chi connectivity index (χ0n) is 27.5. The standard InChI is InChI=1S/C34H44F2N4O6/c1-7-8-23-17-29(43-6)31(36)26(30(23)35)21-45-25-19-37-32(38-20-25)39-24-9-10-27(28(18-24)42-5)44-16-13-22-11-14-40(15-12-22)33(41)46-34(2,3)4/h9-10,17-20,22H,7-8,11-16,21H2,1-6H3,(H,37,38,39). The maximum absolute atomic E-state index is 14.9. The van der Waals surface area contributed by atoms with Crippen LogP contribution < -0.4 is 24.3 Å². The van der Waals surface area contributed by atoms with E-state index in [1.807, 2.05) is 39.8 Å². The molecule has 12 heteroatoms. The van der Waals surface area contributed by atoms with Crippen LogP contribution in [0.5, 0.6) is 23.0 Å². The molecule has 250 valence electrons. The highest BCUT2D eigenvalue weighted by Crippen LogP contribution is 2.32. The van der Waals surface area contributed by atoms with Crippen LogP contribution in [0.1, 0.15) is 64.5 Å². The number of piperidine rings is 1. The van der Waals surface area contributed by atoms with Crippen LogP contribution >= 0.6 is 0 Å². The number of amides is 1. The summed E-state index contributed by atoms with van der Waals surface area (Å²) in [5.74, 6) is 0.719. The molecule has 0 aliphatic carbocycles. The summed E-state index contributed by atoms with van der Waals surface area (Å²) in [5, 5.41) is 3.10. The number of likely N-dealkylation sites (tertiary alicyclic amines) is 1. The molecule has 1 saturated heterocycles. The molecule has 0 unspecified atom stereocenters. The maximum Gasteiger partial charge on any atom is 0.410 e. The Hall–Kier alpha value is -4.35. The van der Waals surface area contributed by atoms with Gasteiger partial charge in [0.05, 0.1) is 38.8 Å². The van der Waals surface area contributed by atoms with Gasteiger partial charge in [0.15, 0.2) is 28.8 Å². The average Bonchev–Trinajstić information content (AvgIpc) is 3.03. The monoisotopic (exact) mass is 642 g/mol. The average molecular weight is 643 g/mol. The molecule has 1 amide bonds. The minimum atomic E-state index is -0.791. The van der Waals surface area contributed by atoms with Crippen molar-refractivity contribution in [1.29, 1.82) is 0 Å². The molecule has 3 aromatic rings. The van der Waals surface area contributed by atoms with Crippen LogP contribution in [0.25, 0.3) is 0 Å². The Morgan fingerprint density at radius 1 is 0.978 bits per heavy atom. The van der Waals surface area contributed by atoms with Crippen LogP contribution in [0.15, 0.2) is 36.7 Å². The Kier molecular flexibility index (Phi) is 11.8. The lowest BCUT2D eigenvalue weighted by Crippen LogP contribution is -2.41. The number of rotatable bonds is 13. The molecule has 1 aliphatic rings. The first kappa shape index (κ1) is 34.5. The van der Waals surface area contributed by atoms with E-state index in [4.69, 9.17) is 23.7 Å². The molecule has 1 N–H and O–H groups in total. The van der Waals surface area contributed by atoms with Gasteiger partial charge in [0.2, 0.25) is 5.95 Å². The zero-order chi connectivity index (χ0) is 33.3. The number of aryl methyl sites for hydroxylation is 1. The van der Waals surface area contributed by atoms with Crippen molar-refractivity contribution in [3.8, 4) is 23.0 Å². The fourth-order valence-corrected chi connectivity index (χ4v) is 5.12. The zero-order valence-corrected chi connectivity index (χ0v) is 27.5. The Bertz CT molecular complexity index is 1460. The summed E-state index contributed by atoms with van der Waals surface area (Å²) < 4.78 is 57.4. The molecular formula is C34H44F2N4O6.